The Bertz CT molecular complexity index is 917. The molecule has 27 heavy (non-hydrogen) atoms. The molecule has 1 aliphatic rings. The van der Waals surface area contributed by atoms with Crippen molar-refractivity contribution in [2.75, 3.05) is 26.2 Å². The molecule has 0 radical (unpaired) electrons. The summed E-state index contributed by atoms with van der Waals surface area (Å²) in [6.07, 6.45) is 6.60. The van der Waals surface area contributed by atoms with E-state index in [1.54, 1.807) is 35.6 Å². The van der Waals surface area contributed by atoms with Crippen molar-refractivity contribution in [2.24, 2.45) is 0 Å². The minimum Gasteiger partial charge on any atom is -0.336 e. The third-order valence-corrected chi connectivity index (χ3v) is 4.83. The Morgan fingerprint density at radius 1 is 1.04 bits per heavy atom. The summed E-state index contributed by atoms with van der Waals surface area (Å²) in [5.74, 6) is 0.663. The molecule has 1 aliphatic heterocycles. The maximum Gasteiger partial charge on any atom is 0.254 e. The van der Waals surface area contributed by atoms with E-state index in [9.17, 15) is 4.79 Å². The van der Waals surface area contributed by atoms with Gasteiger partial charge in [0.2, 0.25) is 0 Å². The van der Waals surface area contributed by atoms with E-state index in [4.69, 9.17) is 0 Å². The van der Waals surface area contributed by atoms with Gasteiger partial charge in [0.15, 0.2) is 0 Å². The zero-order valence-corrected chi connectivity index (χ0v) is 15.2. The average molecular weight is 363 g/mol. The summed E-state index contributed by atoms with van der Waals surface area (Å²) in [5.41, 5.74) is 2.93. The highest BCUT2D eigenvalue weighted by Crippen LogP contribution is 2.14. The summed E-state index contributed by atoms with van der Waals surface area (Å²) in [5, 5.41) is 7.56. The van der Waals surface area contributed by atoms with Gasteiger partial charge in [-0.2, -0.15) is 0 Å². The van der Waals surface area contributed by atoms with Crippen molar-refractivity contribution in [1.82, 2.24) is 34.5 Å². The molecule has 138 valence electrons. The summed E-state index contributed by atoms with van der Waals surface area (Å²) in [4.78, 5) is 25.8. The third-order valence-electron chi connectivity index (χ3n) is 4.83. The molecule has 0 saturated carbocycles. The minimum atomic E-state index is 0.0281. The van der Waals surface area contributed by atoms with Crippen LogP contribution in [0.4, 0.5) is 0 Å². The Morgan fingerprint density at radius 3 is 2.56 bits per heavy atom. The molecule has 0 spiro atoms. The third kappa shape index (κ3) is 3.85. The van der Waals surface area contributed by atoms with Crippen LogP contribution in [-0.4, -0.2) is 66.6 Å². The van der Waals surface area contributed by atoms with Crippen LogP contribution in [0.15, 0.2) is 49.3 Å². The van der Waals surface area contributed by atoms with E-state index in [2.05, 4.69) is 38.1 Å². The fourth-order valence-corrected chi connectivity index (χ4v) is 3.20. The van der Waals surface area contributed by atoms with Crippen molar-refractivity contribution in [3.05, 3.63) is 66.1 Å². The Balaban J connectivity index is 1.39. The van der Waals surface area contributed by atoms with Crippen LogP contribution in [0.5, 0.6) is 0 Å². The van der Waals surface area contributed by atoms with Crippen LogP contribution in [-0.2, 0) is 6.54 Å². The van der Waals surface area contributed by atoms with E-state index in [-0.39, 0.29) is 5.91 Å². The van der Waals surface area contributed by atoms with Crippen molar-refractivity contribution in [2.45, 2.75) is 13.5 Å². The lowest BCUT2D eigenvalue weighted by Gasteiger charge is -2.34. The lowest BCUT2D eigenvalue weighted by Crippen LogP contribution is -2.48. The molecule has 1 amide bonds. The van der Waals surface area contributed by atoms with Gasteiger partial charge in [0.05, 0.1) is 5.69 Å². The number of aromatic nitrogens is 5. The maximum absolute atomic E-state index is 12.9. The average Bonchev–Trinajstić information content (AvgIpc) is 3.25. The van der Waals surface area contributed by atoms with Crippen molar-refractivity contribution >= 4 is 5.91 Å². The van der Waals surface area contributed by atoms with Crippen LogP contribution in [0, 0.1) is 6.92 Å². The summed E-state index contributed by atoms with van der Waals surface area (Å²) < 4.78 is 1.68. The van der Waals surface area contributed by atoms with Gasteiger partial charge in [-0.05, 0) is 30.7 Å². The molecule has 4 rings (SSSR count). The summed E-state index contributed by atoms with van der Waals surface area (Å²) >= 11 is 0. The Morgan fingerprint density at radius 2 is 1.81 bits per heavy atom. The first-order valence-electron chi connectivity index (χ1n) is 8.94. The van der Waals surface area contributed by atoms with Gasteiger partial charge in [-0.25, -0.2) is 4.98 Å². The minimum absolute atomic E-state index is 0.0281. The smallest absolute Gasteiger partial charge is 0.254 e. The molecule has 0 bridgehead atoms. The van der Waals surface area contributed by atoms with Gasteiger partial charge in [0.1, 0.15) is 18.5 Å². The van der Waals surface area contributed by atoms with Gasteiger partial charge < -0.3 is 4.90 Å². The first-order valence-corrected chi connectivity index (χ1v) is 8.94. The summed E-state index contributed by atoms with van der Waals surface area (Å²) in [6, 6.07) is 7.56. The van der Waals surface area contributed by atoms with Crippen molar-refractivity contribution in [1.29, 1.82) is 0 Å². The largest absolute Gasteiger partial charge is 0.336 e. The van der Waals surface area contributed by atoms with Crippen LogP contribution in [0.2, 0.25) is 0 Å². The fraction of sp³-hybridized carbons (Fsp3) is 0.316. The van der Waals surface area contributed by atoms with Gasteiger partial charge in [0.25, 0.3) is 5.91 Å². The number of piperazine rings is 1. The summed E-state index contributed by atoms with van der Waals surface area (Å²) in [6.45, 7) is 5.99. The molecule has 0 atom stereocenters. The van der Waals surface area contributed by atoms with Crippen LogP contribution < -0.4 is 0 Å². The predicted octanol–water partition coefficient (Wildman–Crippen LogP) is 1.32. The molecule has 0 aromatic carbocycles. The number of aryl methyl sites for hydroxylation is 1. The highest BCUT2D eigenvalue weighted by Gasteiger charge is 2.23. The van der Waals surface area contributed by atoms with Crippen LogP contribution in [0.25, 0.3) is 5.82 Å². The Labute approximate surface area is 157 Å². The molecule has 8 heteroatoms. The Kier molecular flexibility index (Phi) is 4.88. The van der Waals surface area contributed by atoms with Gasteiger partial charge in [-0.1, -0.05) is 6.07 Å². The number of carbonyl (C=O) groups excluding carboxylic acids is 1. The van der Waals surface area contributed by atoms with E-state index in [0.29, 0.717) is 24.5 Å². The zero-order chi connectivity index (χ0) is 18.6. The van der Waals surface area contributed by atoms with Crippen LogP contribution >= 0.6 is 0 Å². The molecular weight excluding hydrogens is 342 g/mol. The summed E-state index contributed by atoms with van der Waals surface area (Å²) in [7, 11) is 0. The first-order chi connectivity index (χ1) is 13.2. The molecule has 0 unspecified atom stereocenters. The van der Waals surface area contributed by atoms with E-state index in [0.717, 1.165) is 25.3 Å². The second-order valence-corrected chi connectivity index (χ2v) is 6.61. The van der Waals surface area contributed by atoms with Crippen molar-refractivity contribution in [3.8, 4) is 5.82 Å². The van der Waals surface area contributed by atoms with E-state index in [1.807, 2.05) is 17.2 Å². The van der Waals surface area contributed by atoms with Crippen molar-refractivity contribution < 1.29 is 4.79 Å². The van der Waals surface area contributed by atoms with Crippen LogP contribution in [0.1, 0.15) is 21.6 Å². The van der Waals surface area contributed by atoms with E-state index < -0.39 is 0 Å². The monoisotopic (exact) mass is 363 g/mol. The second-order valence-electron chi connectivity index (χ2n) is 6.61. The lowest BCUT2D eigenvalue weighted by atomic mass is 10.2. The molecule has 1 fully saturated rings. The highest BCUT2D eigenvalue weighted by atomic mass is 16.2. The fourth-order valence-electron chi connectivity index (χ4n) is 3.20. The van der Waals surface area contributed by atoms with Crippen LogP contribution in [0.3, 0.4) is 0 Å². The van der Waals surface area contributed by atoms with E-state index in [1.165, 1.54) is 5.56 Å². The standard InChI is InChI=1S/C19H21N7O/c1-15-3-2-5-20-17(15)12-24-7-9-25(10-8-24)19(27)16-4-6-21-18(11-16)26-13-22-23-14-26/h2-6,11,13-14H,7-10,12H2,1H3. The first kappa shape index (κ1) is 17.3. The zero-order valence-electron chi connectivity index (χ0n) is 15.2. The highest BCUT2D eigenvalue weighted by molar-refractivity contribution is 5.94. The van der Waals surface area contributed by atoms with Gasteiger partial charge in [0, 0.05) is 50.7 Å². The molecule has 1 saturated heterocycles. The molecule has 0 N–H and O–H groups in total. The number of carbonyl (C=O) groups is 1. The number of rotatable bonds is 4. The molecule has 3 aromatic heterocycles. The molecular formula is C19H21N7O. The SMILES string of the molecule is Cc1cccnc1CN1CCN(C(=O)c2ccnc(-n3cnnc3)c2)CC1. The second kappa shape index (κ2) is 7.63. The number of hydrogen-bond acceptors (Lipinski definition) is 6. The van der Waals surface area contributed by atoms with Gasteiger partial charge in [-0.15, -0.1) is 10.2 Å². The van der Waals surface area contributed by atoms with E-state index >= 15 is 0 Å². The lowest BCUT2D eigenvalue weighted by molar-refractivity contribution is 0.0626. The normalized spacial score (nSPS) is 15.1. The predicted molar refractivity (Wildman–Crippen MR) is 99.3 cm³/mol. The maximum atomic E-state index is 12.9. The Hall–Kier alpha value is -3.13. The molecule has 0 aliphatic carbocycles. The van der Waals surface area contributed by atoms with Gasteiger partial charge in [-0.3, -0.25) is 19.2 Å². The number of nitrogens with zero attached hydrogens (tertiary/aromatic N) is 7. The quantitative estimate of drug-likeness (QED) is 0.696. The number of amides is 1. The number of hydrogen-bond donors (Lipinski definition) is 0. The number of pyridine rings is 2. The topological polar surface area (TPSA) is 80.0 Å². The van der Waals surface area contributed by atoms with Crippen molar-refractivity contribution in [3.63, 3.8) is 0 Å². The molecule has 3 aromatic rings. The molecule has 4 heterocycles. The molecule has 8 nitrogen and oxygen atoms in total. The van der Waals surface area contributed by atoms with Gasteiger partial charge >= 0.3 is 0 Å².